The maximum absolute atomic E-state index is 3.71. The van der Waals surface area contributed by atoms with Gasteiger partial charge in [0.15, 0.2) is 0 Å². The first kappa shape index (κ1) is 15.2. The summed E-state index contributed by atoms with van der Waals surface area (Å²) < 4.78 is 1.55. The highest BCUT2D eigenvalue weighted by molar-refractivity contribution is 9.10. The van der Waals surface area contributed by atoms with E-state index in [-0.39, 0.29) is 0 Å². The topological polar surface area (TPSA) is 15.3 Å². The Morgan fingerprint density at radius 3 is 2.74 bits per heavy atom. The van der Waals surface area contributed by atoms with Crippen LogP contribution < -0.4 is 10.2 Å². The summed E-state index contributed by atoms with van der Waals surface area (Å²) >= 11 is 5.78. The number of hydrogen-bond acceptors (Lipinski definition) is 3. The number of anilines is 1. The van der Waals surface area contributed by atoms with Crippen molar-refractivity contribution >= 4 is 33.4 Å². The maximum atomic E-state index is 3.71. The number of nitrogens with zero attached hydrogens (tertiary/aromatic N) is 1. The van der Waals surface area contributed by atoms with Crippen molar-refractivity contribution in [1.29, 1.82) is 0 Å². The second kappa shape index (κ2) is 6.06. The van der Waals surface area contributed by atoms with E-state index in [1.54, 1.807) is 0 Å². The zero-order valence-electron chi connectivity index (χ0n) is 12.2. The summed E-state index contributed by atoms with van der Waals surface area (Å²) in [4.78, 5) is 2.50. The fourth-order valence-electron chi connectivity index (χ4n) is 2.46. The lowest BCUT2D eigenvalue weighted by atomic mass is 10.1. The highest BCUT2D eigenvalue weighted by Gasteiger charge is 2.27. The first-order chi connectivity index (χ1) is 8.93. The second-order valence-corrected chi connectivity index (χ2v) is 8.40. The summed E-state index contributed by atoms with van der Waals surface area (Å²) in [6.07, 6.45) is 0. The SMILES string of the molecule is CNC(C)c1ccc(N2CCSC(C)(C)C2)cc1Br. The Hall–Kier alpha value is -0.190. The van der Waals surface area contributed by atoms with Crippen LogP contribution in [0, 0.1) is 0 Å². The third-order valence-electron chi connectivity index (χ3n) is 3.67. The molecule has 1 aliphatic heterocycles. The average molecular weight is 343 g/mol. The van der Waals surface area contributed by atoms with Crippen molar-refractivity contribution in [2.45, 2.75) is 31.6 Å². The Bertz CT molecular complexity index is 448. The van der Waals surface area contributed by atoms with Gasteiger partial charge in [-0.3, -0.25) is 0 Å². The molecule has 0 spiro atoms. The molecule has 0 aromatic heterocycles. The normalized spacial score (nSPS) is 20.4. The van der Waals surface area contributed by atoms with Crippen LogP contribution in [-0.2, 0) is 0 Å². The van der Waals surface area contributed by atoms with Gasteiger partial charge in [-0.2, -0.15) is 11.8 Å². The van der Waals surface area contributed by atoms with Crippen LogP contribution in [0.3, 0.4) is 0 Å². The highest BCUT2D eigenvalue weighted by Crippen LogP contribution is 2.34. The van der Waals surface area contributed by atoms with Crippen molar-refractivity contribution < 1.29 is 0 Å². The van der Waals surface area contributed by atoms with Crippen molar-refractivity contribution in [2.24, 2.45) is 0 Å². The van der Waals surface area contributed by atoms with Gasteiger partial charge in [0, 0.05) is 39.8 Å². The van der Waals surface area contributed by atoms with E-state index < -0.39 is 0 Å². The highest BCUT2D eigenvalue weighted by atomic mass is 79.9. The number of hydrogen-bond donors (Lipinski definition) is 1. The van der Waals surface area contributed by atoms with E-state index >= 15 is 0 Å². The van der Waals surface area contributed by atoms with Crippen LogP contribution in [0.2, 0.25) is 0 Å². The molecule has 0 bridgehead atoms. The van der Waals surface area contributed by atoms with Crippen LogP contribution in [0.4, 0.5) is 5.69 Å². The van der Waals surface area contributed by atoms with Crippen LogP contribution >= 0.6 is 27.7 Å². The standard InChI is InChI=1S/C15H23BrN2S/c1-11(17-4)13-6-5-12(9-14(13)16)18-7-8-19-15(2,3)10-18/h5-6,9,11,17H,7-8,10H2,1-4H3. The largest absolute Gasteiger partial charge is 0.369 e. The van der Waals surface area contributed by atoms with Crippen LogP contribution in [0.15, 0.2) is 22.7 Å². The molecule has 0 radical (unpaired) electrons. The minimum atomic E-state index is 0.349. The molecule has 1 heterocycles. The molecule has 1 aromatic rings. The Morgan fingerprint density at radius 1 is 1.42 bits per heavy atom. The zero-order valence-corrected chi connectivity index (χ0v) is 14.6. The smallest absolute Gasteiger partial charge is 0.0378 e. The van der Waals surface area contributed by atoms with Crippen molar-refractivity contribution in [3.8, 4) is 0 Å². The van der Waals surface area contributed by atoms with Gasteiger partial charge in [0.2, 0.25) is 0 Å². The van der Waals surface area contributed by atoms with Gasteiger partial charge in [-0.15, -0.1) is 0 Å². The van der Waals surface area contributed by atoms with Crippen LogP contribution in [0.1, 0.15) is 32.4 Å². The monoisotopic (exact) mass is 342 g/mol. The molecule has 0 aliphatic carbocycles. The lowest BCUT2D eigenvalue weighted by molar-refractivity contribution is 0.642. The predicted molar refractivity (Wildman–Crippen MR) is 90.4 cm³/mol. The van der Waals surface area contributed by atoms with E-state index in [0.29, 0.717) is 10.8 Å². The molecule has 106 valence electrons. The second-order valence-electron chi connectivity index (χ2n) is 5.75. The molecule has 2 rings (SSSR count). The minimum Gasteiger partial charge on any atom is -0.369 e. The third kappa shape index (κ3) is 3.67. The first-order valence-electron chi connectivity index (χ1n) is 6.78. The lowest BCUT2D eigenvalue weighted by Crippen LogP contribution is -2.43. The summed E-state index contributed by atoms with van der Waals surface area (Å²) in [5.74, 6) is 1.21. The molecule has 1 saturated heterocycles. The summed E-state index contributed by atoms with van der Waals surface area (Å²) in [6, 6.07) is 7.11. The van der Waals surface area contributed by atoms with E-state index in [2.05, 4.69) is 76.9 Å². The molecule has 0 saturated carbocycles. The molecule has 1 aliphatic rings. The van der Waals surface area contributed by atoms with Crippen LogP contribution in [-0.4, -0.2) is 30.6 Å². The fourth-order valence-corrected chi connectivity index (χ4v) is 4.28. The fraction of sp³-hybridized carbons (Fsp3) is 0.600. The summed E-state index contributed by atoms with van der Waals surface area (Å²) in [6.45, 7) is 9.10. The number of benzene rings is 1. The van der Waals surface area contributed by atoms with Crippen molar-refractivity contribution in [3.05, 3.63) is 28.2 Å². The summed E-state index contributed by atoms with van der Waals surface area (Å²) in [5.41, 5.74) is 2.64. The van der Waals surface area contributed by atoms with Gasteiger partial charge in [-0.25, -0.2) is 0 Å². The quantitative estimate of drug-likeness (QED) is 0.891. The average Bonchev–Trinajstić information content (AvgIpc) is 2.36. The van der Waals surface area contributed by atoms with Gasteiger partial charge in [0.05, 0.1) is 0 Å². The molecule has 1 N–H and O–H groups in total. The third-order valence-corrected chi connectivity index (χ3v) is 5.66. The summed E-state index contributed by atoms with van der Waals surface area (Å²) in [5, 5.41) is 3.29. The molecule has 4 heteroatoms. The lowest BCUT2D eigenvalue weighted by Gasteiger charge is -2.39. The van der Waals surface area contributed by atoms with E-state index in [0.717, 1.165) is 13.1 Å². The zero-order chi connectivity index (χ0) is 14.0. The Labute approximate surface area is 129 Å². The van der Waals surface area contributed by atoms with Gasteiger partial charge in [-0.1, -0.05) is 22.0 Å². The predicted octanol–water partition coefficient (Wildman–Crippen LogP) is 4.06. The van der Waals surface area contributed by atoms with Crippen LogP contribution in [0.5, 0.6) is 0 Å². The maximum Gasteiger partial charge on any atom is 0.0378 e. The number of thioether (sulfide) groups is 1. The minimum absolute atomic E-state index is 0.349. The Kier molecular flexibility index (Phi) is 4.85. The van der Waals surface area contributed by atoms with E-state index in [4.69, 9.17) is 0 Å². The number of halogens is 1. The van der Waals surface area contributed by atoms with Gasteiger partial charge in [0.25, 0.3) is 0 Å². The number of nitrogens with one attached hydrogen (secondary N) is 1. The molecule has 1 unspecified atom stereocenters. The van der Waals surface area contributed by atoms with Gasteiger partial charge >= 0.3 is 0 Å². The van der Waals surface area contributed by atoms with E-state index in [1.807, 2.05) is 7.05 Å². The molecule has 1 atom stereocenters. The molecule has 19 heavy (non-hydrogen) atoms. The van der Waals surface area contributed by atoms with E-state index in [1.165, 1.54) is 21.5 Å². The number of rotatable bonds is 3. The Balaban J connectivity index is 2.20. The van der Waals surface area contributed by atoms with Crippen molar-refractivity contribution in [3.63, 3.8) is 0 Å². The van der Waals surface area contributed by atoms with E-state index in [9.17, 15) is 0 Å². The van der Waals surface area contributed by atoms with Crippen molar-refractivity contribution in [2.75, 3.05) is 30.8 Å². The molecule has 1 fully saturated rings. The molecular formula is C15H23BrN2S. The summed E-state index contributed by atoms with van der Waals surface area (Å²) in [7, 11) is 2.00. The van der Waals surface area contributed by atoms with Gasteiger partial charge in [-0.05, 0) is 45.5 Å². The Morgan fingerprint density at radius 2 is 2.16 bits per heavy atom. The van der Waals surface area contributed by atoms with Crippen LogP contribution in [0.25, 0.3) is 0 Å². The molecule has 2 nitrogen and oxygen atoms in total. The molecular weight excluding hydrogens is 320 g/mol. The molecule has 0 amide bonds. The van der Waals surface area contributed by atoms with Gasteiger partial charge < -0.3 is 10.2 Å². The first-order valence-corrected chi connectivity index (χ1v) is 8.56. The van der Waals surface area contributed by atoms with Gasteiger partial charge in [0.1, 0.15) is 0 Å². The van der Waals surface area contributed by atoms with Crippen molar-refractivity contribution in [1.82, 2.24) is 5.32 Å². The molecule has 1 aromatic carbocycles.